The third kappa shape index (κ3) is 7.56. The van der Waals surface area contributed by atoms with E-state index in [1.165, 1.54) is 16.2 Å². The van der Waals surface area contributed by atoms with Crippen molar-refractivity contribution in [3.05, 3.63) is 29.3 Å². The second-order valence-electron chi connectivity index (χ2n) is 12.4. The molecule has 0 radical (unpaired) electrons. The van der Waals surface area contributed by atoms with Crippen molar-refractivity contribution in [2.45, 2.75) is 98.4 Å². The van der Waals surface area contributed by atoms with E-state index in [-0.39, 0.29) is 23.5 Å². The summed E-state index contributed by atoms with van der Waals surface area (Å²) in [4.78, 5) is 59.5. The molecule has 2 heterocycles. The number of fused-ring (bicyclic) bond motifs is 1. The van der Waals surface area contributed by atoms with Gasteiger partial charge in [-0.25, -0.2) is 9.78 Å². The Morgan fingerprint density at radius 1 is 1.10 bits per heavy atom. The maximum atomic E-state index is 13.7. The Kier molecular flexibility index (Phi) is 9.41. The highest BCUT2D eigenvalue weighted by Crippen LogP contribution is 2.28. The van der Waals surface area contributed by atoms with Crippen molar-refractivity contribution in [2.75, 3.05) is 6.54 Å². The number of hydrogen-bond donors (Lipinski definition) is 2. The maximum Gasteiger partial charge on any atom is 0.408 e. The van der Waals surface area contributed by atoms with Gasteiger partial charge in [0.1, 0.15) is 17.7 Å². The molecule has 0 aliphatic carbocycles. The summed E-state index contributed by atoms with van der Waals surface area (Å²) in [5.74, 6) is -1.07. The van der Waals surface area contributed by atoms with Crippen molar-refractivity contribution in [3.8, 4) is 0 Å². The van der Waals surface area contributed by atoms with Gasteiger partial charge in [0.2, 0.25) is 17.6 Å². The van der Waals surface area contributed by atoms with Crippen LogP contribution in [-0.4, -0.2) is 63.8 Å². The molecule has 1 saturated heterocycles. The van der Waals surface area contributed by atoms with Crippen LogP contribution in [0.3, 0.4) is 0 Å². The predicted octanol–water partition coefficient (Wildman–Crippen LogP) is 4.94. The molecular weight excluding hydrogens is 516 g/mol. The first-order valence-corrected chi connectivity index (χ1v) is 14.4. The van der Waals surface area contributed by atoms with Crippen LogP contribution in [0.1, 0.15) is 84.5 Å². The number of hydrogen-bond acceptors (Lipinski definition) is 7. The molecule has 0 saturated carbocycles. The Balaban J connectivity index is 1.80. The second-order valence-corrected chi connectivity index (χ2v) is 13.4. The van der Waals surface area contributed by atoms with Gasteiger partial charge in [-0.1, -0.05) is 53.2 Å². The van der Waals surface area contributed by atoms with Crippen LogP contribution in [-0.2, 0) is 14.3 Å². The summed E-state index contributed by atoms with van der Waals surface area (Å²) < 4.78 is 6.30. The number of amides is 3. The maximum absolute atomic E-state index is 13.7. The standard InChI is InChI=1S/C29H42N4O5S/c1-9-17(2)21(22(34)25-30-18-13-10-11-15-20(18)39-25)31-24(35)19-14-12-16-33(19)26(36)23(28(3,4)5)32-27(37)38-29(6,7)8/h10-11,13,15,17,19,21,23H,9,12,14,16H2,1-8H3,(H,31,35)(H,32,37)/t17?,19-,21?,23+/m0/s1. The minimum atomic E-state index is -0.893. The molecule has 3 amide bonds. The minimum absolute atomic E-state index is 0.129. The van der Waals surface area contributed by atoms with Gasteiger partial charge >= 0.3 is 6.09 Å². The van der Waals surface area contributed by atoms with E-state index >= 15 is 0 Å². The van der Waals surface area contributed by atoms with Crippen LogP contribution in [0, 0.1) is 11.3 Å². The Morgan fingerprint density at radius 2 is 1.77 bits per heavy atom. The molecule has 39 heavy (non-hydrogen) atoms. The zero-order valence-electron chi connectivity index (χ0n) is 24.3. The van der Waals surface area contributed by atoms with Crippen molar-refractivity contribution in [1.82, 2.24) is 20.5 Å². The predicted molar refractivity (Wildman–Crippen MR) is 153 cm³/mol. The molecule has 1 fully saturated rings. The highest BCUT2D eigenvalue weighted by atomic mass is 32.1. The fourth-order valence-corrected chi connectivity index (χ4v) is 5.55. The monoisotopic (exact) mass is 558 g/mol. The Morgan fingerprint density at radius 3 is 2.36 bits per heavy atom. The normalized spacial score (nSPS) is 18.4. The van der Waals surface area contributed by atoms with Crippen LogP contribution >= 0.6 is 11.3 Å². The molecule has 2 aromatic rings. The first-order valence-electron chi connectivity index (χ1n) is 13.6. The SMILES string of the molecule is CCC(C)C(NC(=O)[C@@H]1CCCN1C(=O)[C@@H](NC(=O)OC(C)(C)C)C(C)(C)C)C(=O)c1nc2ccccc2s1. The number of carbonyl (C=O) groups excluding carboxylic acids is 4. The second kappa shape index (κ2) is 12.0. The van der Waals surface area contributed by atoms with Crippen LogP contribution in [0.25, 0.3) is 10.2 Å². The molecule has 2 N–H and O–H groups in total. The fraction of sp³-hybridized carbons (Fsp3) is 0.621. The van der Waals surface area contributed by atoms with Crippen molar-refractivity contribution in [3.63, 3.8) is 0 Å². The van der Waals surface area contributed by atoms with Crippen LogP contribution in [0.5, 0.6) is 0 Å². The molecule has 9 nitrogen and oxygen atoms in total. The lowest BCUT2D eigenvalue weighted by molar-refractivity contribution is -0.142. The molecule has 3 rings (SSSR count). The minimum Gasteiger partial charge on any atom is -0.444 e. The van der Waals surface area contributed by atoms with Gasteiger partial charge in [-0.3, -0.25) is 14.4 Å². The van der Waals surface area contributed by atoms with Crippen LogP contribution in [0.15, 0.2) is 24.3 Å². The zero-order chi connectivity index (χ0) is 29.1. The third-order valence-electron chi connectivity index (χ3n) is 6.91. The van der Waals surface area contributed by atoms with E-state index in [2.05, 4.69) is 15.6 Å². The summed E-state index contributed by atoms with van der Waals surface area (Å²) in [5, 5.41) is 6.04. The van der Waals surface area contributed by atoms with Crippen LogP contribution < -0.4 is 10.6 Å². The molecule has 1 aliphatic rings. The smallest absolute Gasteiger partial charge is 0.408 e. The van der Waals surface area contributed by atoms with Gasteiger partial charge < -0.3 is 20.3 Å². The summed E-state index contributed by atoms with van der Waals surface area (Å²) in [6, 6.07) is 5.15. The fourth-order valence-electron chi connectivity index (χ4n) is 4.60. The topological polar surface area (TPSA) is 118 Å². The van der Waals surface area contributed by atoms with Crippen molar-refractivity contribution in [1.29, 1.82) is 0 Å². The highest BCUT2D eigenvalue weighted by Gasteiger charge is 2.43. The number of Topliss-reactive ketones (excluding diaryl/α,β-unsaturated/α-hetero) is 1. The van der Waals surface area contributed by atoms with Crippen molar-refractivity contribution < 1.29 is 23.9 Å². The number of rotatable bonds is 8. The van der Waals surface area contributed by atoms with E-state index in [1.54, 1.807) is 20.8 Å². The number of para-hydroxylation sites is 1. The van der Waals surface area contributed by atoms with E-state index < -0.39 is 35.2 Å². The van der Waals surface area contributed by atoms with E-state index in [9.17, 15) is 19.2 Å². The molecule has 214 valence electrons. The molecular formula is C29H42N4O5S. The number of ether oxygens (including phenoxy) is 1. The Bertz CT molecular complexity index is 1180. The van der Waals surface area contributed by atoms with Gasteiger partial charge in [0.05, 0.1) is 16.3 Å². The quantitative estimate of drug-likeness (QED) is 0.443. The zero-order valence-corrected chi connectivity index (χ0v) is 25.1. The summed E-state index contributed by atoms with van der Waals surface area (Å²) in [6.45, 7) is 15.1. The Labute approximate surface area is 235 Å². The summed E-state index contributed by atoms with van der Waals surface area (Å²) in [7, 11) is 0. The molecule has 2 unspecified atom stereocenters. The van der Waals surface area contributed by atoms with Crippen molar-refractivity contribution >= 4 is 45.2 Å². The number of nitrogens with one attached hydrogen (secondary N) is 2. The third-order valence-corrected chi connectivity index (χ3v) is 7.96. The van der Waals surface area contributed by atoms with Crippen molar-refractivity contribution in [2.24, 2.45) is 11.3 Å². The number of benzene rings is 1. The number of nitrogens with zero attached hydrogens (tertiary/aromatic N) is 2. The van der Waals surface area contributed by atoms with Gasteiger partial charge in [-0.15, -0.1) is 11.3 Å². The average molecular weight is 559 g/mol. The highest BCUT2D eigenvalue weighted by molar-refractivity contribution is 7.20. The summed E-state index contributed by atoms with van der Waals surface area (Å²) >= 11 is 1.31. The van der Waals surface area contributed by atoms with E-state index in [0.717, 1.165) is 10.2 Å². The lowest BCUT2D eigenvalue weighted by Gasteiger charge is -2.36. The Hall–Kier alpha value is -3.01. The summed E-state index contributed by atoms with van der Waals surface area (Å²) in [5.41, 5.74) is -0.593. The summed E-state index contributed by atoms with van der Waals surface area (Å²) in [6.07, 6.45) is 1.12. The van der Waals surface area contributed by atoms with Gasteiger partial charge in [0.25, 0.3) is 0 Å². The van der Waals surface area contributed by atoms with Crippen LogP contribution in [0.4, 0.5) is 4.79 Å². The molecule has 1 aromatic heterocycles. The van der Waals surface area contributed by atoms with Gasteiger partial charge in [0.15, 0.2) is 5.01 Å². The van der Waals surface area contributed by atoms with E-state index in [1.807, 2.05) is 58.9 Å². The number of ketones is 1. The molecule has 10 heteroatoms. The van der Waals surface area contributed by atoms with E-state index in [4.69, 9.17) is 4.74 Å². The van der Waals surface area contributed by atoms with Gasteiger partial charge in [-0.05, 0) is 57.1 Å². The molecule has 1 aromatic carbocycles. The number of likely N-dealkylation sites (tertiary alicyclic amines) is 1. The molecule has 0 bridgehead atoms. The first kappa shape index (κ1) is 30.5. The first-order chi connectivity index (χ1) is 18.1. The van der Waals surface area contributed by atoms with Gasteiger partial charge in [0, 0.05) is 6.54 Å². The molecule has 0 spiro atoms. The van der Waals surface area contributed by atoms with Crippen LogP contribution in [0.2, 0.25) is 0 Å². The number of aromatic nitrogens is 1. The lowest BCUT2D eigenvalue weighted by atomic mass is 9.85. The number of alkyl carbamates (subject to hydrolysis) is 1. The molecule has 1 aliphatic heterocycles. The molecule has 4 atom stereocenters. The largest absolute Gasteiger partial charge is 0.444 e. The lowest BCUT2D eigenvalue weighted by Crippen LogP contribution is -2.59. The number of thiazole rings is 1. The average Bonchev–Trinajstić information content (AvgIpc) is 3.50. The van der Waals surface area contributed by atoms with Gasteiger partial charge in [-0.2, -0.15) is 0 Å². The van der Waals surface area contributed by atoms with E-state index in [0.29, 0.717) is 30.8 Å². The number of carbonyl (C=O) groups is 4.